The number of aromatic amines is 1. The van der Waals surface area contributed by atoms with Gasteiger partial charge in [0, 0.05) is 54.2 Å². The van der Waals surface area contributed by atoms with E-state index in [-0.39, 0.29) is 12.1 Å². The molecule has 9 heteroatoms. The summed E-state index contributed by atoms with van der Waals surface area (Å²) in [5, 5.41) is 9.11. The van der Waals surface area contributed by atoms with Crippen molar-refractivity contribution in [1.82, 2.24) is 29.5 Å². The van der Waals surface area contributed by atoms with Crippen LogP contribution in [-0.2, 0) is 4.74 Å². The van der Waals surface area contributed by atoms with Crippen LogP contribution in [-0.4, -0.2) is 60.3 Å². The zero-order valence-corrected chi connectivity index (χ0v) is 18.5. The Morgan fingerprint density at radius 3 is 2.97 bits per heavy atom. The van der Waals surface area contributed by atoms with Crippen LogP contribution in [0.25, 0.3) is 27.8 Å². The predicted octanol–water partition coefficient (Wildman–Crippen LogP) is 4.08. The molecule has 0 spiro atoms. The van der Waals surface area contributed by atoms with Gasteiger partial charge in [-0.15, -0.1) is 5.10 Å². The second-order valence-electron chi connectivity index (χ2n) is 9.14. The van der Waals surface area contributed by atoms with Crippen molar-refractivity contribution in [2.75, 3.05) is 18.4 Å². The van der Waals surface area contributed by atoms with Crippen LogP contribution in [0.1, 0.15) is 33.6 Å². The van der Waals surface area contributed by atoms with Gasteiger partial charge in [0.05, 0.1) is 0 Å². The first kappa shape index (κ1) is 20.3. The van der Waals surface area contributed by atoms with Gasteiger partial charge in [-0.1, -0.05) is 18.2 Å². The smallest absolute Gasteiger partial charge is 0.410 e. The van der Waals surface area contributed by atoms with E-state index in [1.54, 1.807) is 15.6 Å². The second-order valence-corrected chi connectivity index (χ2v) is 9.14. The third kappa shape index (κ3) is 3.98. The lowest BCUT2D eigenvalue weighted by Gasteiger charge is -2.34. The Balaban J connectivity index is 1.42. The maximum atomic E-state index is 12.5. The Morgan fingerprint density at radius 2 is 2.12 bits per heavy atom. The van der Waals surface area contributed by atoms with Crippen LogP contribution in [0.5, 0.6) is 0 Å². The minimum absolute atomic E-state index is 0.0352. The number of rotatable bonds is 3. The molecule has 1 aliphatic heterocycles. The highest BCUT2D eigenvalue weighted by Crippen LogP contribution is 2.30. The Bertz CT molecular complexity index is 1270. The van der Waals surface area contributed by atoms with Gasteiger partial charge in [0.2, 0.25) is 5.95 Å². The Morgan fingerprint density at radius 1 is 1.28 bits per heavy atom. The largest absolute Gasteiger partial charge is 0.444 e. The van der Waals surface area contributed by atoms with Crippen LogP contribution in [0.15, 0.2) is 42.9 Å². The van der Waals surface area contributed by atoms with Gasteiger partial charge in [-0.25, -0.2) is 19.3 Å². The van der Waals surface area contributed by atoms with Crippen molar-refractivity contribution in [3.05, 3.63) is 42.9 Å². The molecule has 3 aromatic heterocycles. The minimum Gasteiger partial charge on any atom is -0.444 e. The molecule has 0 bridgehead atoms. The van der Waals surface area contributed by atoms with Crippen LogP contribution in [0.3, 0.4) is 0 Å². The lowest BCUT2D eigenvalue weighted by atomic mass is 10.1. The molecule has 1 aromatic carbocycles. The SMILES string of the molecule is CC(C)(C)OC(=O)N1CCC[C@@H](Nc2nc(-c3c[nH]c4ccccc34)c3nccn3n2)C1. The summed E-state index contributed by atoms with van der Waals surface area (Å²) >= 11 is 0. The van der Waals surface area contributed by atoms with Gasteiger partial charge in [-0.05, 0) is 39.7 Å². The van der Waals surface area contributed by atoms with E-state index in [1.165, 1.54) is 0 Å². The van der Waals surface area contributed by atoms with Gasteiger partial charge in [0.25, 0.3) is 0 Å². The number of H-pyrrole nitrogens is 1. The number of anilines is 1. The number of ether oxygens (including phenoxy) is 1. The summed E-state index contributed by atoms with van der Waals surface area (Å²) in [6.45, 7) is 6.87. The third-order valence-corrected chi connectivity index (χ3v) is 5.50. The van der Waals surface area contributed by atoms with Crippen LogP contribution in [0.2, 0.25) is 0 Å². The molecule has 32 heavy (non-hydrogen) atoms. The zero-order valence-electron chi connectivity index (χ0n) is 18.5. The Labute approximate surface area is 185 Å². The highest BCUT2D eigenvalue weighted by Gasteiger charge is 2.28. The number of hydrogen-bond acceptors (Lipinski definition) is 6. The number of benzene rings is 1. The molecule has 4 aromatic rings. The fourth-order valence-corrected chi connectivity index (χ4v) is 4.11. The molecule has 0 aliphatic carbocycles. The maximum Gasteiger partial charge on any atom is 0.410 e. The van der Waals surface area contributed by atoms with Gasteiger partial charge in [0.1, 0.15) is 11.3 Å². The van der Waals surface area contributed by atoms with E-state index in [0.717, 1.165) is 35.0 Å². The summed E-state index contributed by atoms with van der Waals surface area (Å²) in [5.74, 6) is 0.506. The van der Waals surface area contributed by atoms with Crippen molar-refractivity contribution in [3.63, 3.8) is 0 Å². The number of piperidine rings is 1. The first-order chi connectivity index (χ1) is 15.4. The lowest BCUT2D eigenvalue weighted by molar-refractivity contribution is 0.0206. The topological polar surface area (TPSA) is 100 Å². The number of aromatic nitrogens is 5. The molecule has 0 saturated carbocycles. The summed E-state index contributed by atoms with van der Waals surface area (Å²) < 4.78 is 7.28. The van der Waals surface area contributed by atoms with Crippen LogP contribution >= 0.6 is 0 Å². The maximum absolute atomic E-state index is 12.5. The van der Waals surface area contributed by atoms with E-state index >= 15 is 0 Å². The van der Waals surface area contributed by atoms with E-state index in [0.29, 0.717) is 24.7 Å². The molecule has 1 aliphatic rings. The molecular formula is C23H27N7O2. The fourth-order valence-electron chi connectivity index (χ4n) is 4.11. The zero-order chi connectivity index (χ0) is 22.3. The minimum atomic E-state index is -0.513. The molecule has 0 unspecified atom stereocenters. The van der Waals surface area contributed by atoms with Crippen molar-refractivity contribution in [2.24, 2.45) is 0 Å². The van der Waals surface area contributed by atoms with Gasteiger partial charge in [0.15, 0.2) is 5.65 Å². The number of carbonyl (C=O) groups is 1. The number of amides is 1. The number of likely N-dealkylation sites (tertiary alicyclic amines) is 1. The molecule has 9 nitrogen and oxygen atoms in total. The summed E-state index contributed by atoms with van der Waals surface area (Å²) in [6.07, 6.45) is 7.02. The average Bonchev–Trinajstić information content (AvgIpc) is 3.39. The summed E-state index contributed by atoms with van der Waals surface area (Å²) in [5.41, 5.74) is 2.95. The summed E-state index contributed by atoms with van der Waals surface area (Å²) in [4.78, 5) is 26.9. The molecular weight excluding hydrogens is 406 g/mol. The number of fused-ring (bicyclic) bond motifs is 2. The molecule has 1 fully saturated rings. The monoisotopic (exact) mass is 433 g/mol. The summed E-state index contributed by atoms with van der Waals surface area (Å²) in [7, 11) is 0. The second kappa shape index (κ2) is 7.81. The van der Waals surface area contributed by atoms with E-state index in [9.17, 15) is 4.79 Å². The molecule has 1 saturated heterocycles. The van der Waals surface area contributed by atoms with Gasteiger partial charge >= 0.3 is 6.09 Å². The van der Waals surface area contributed by atoms with E-state index < -0.39 is 5.60 Å². The quantitative estimate of drug-likeness (QED) is 0.505. The van der Waals surface area contributed by atoms with Gasteiger partial charge in [-0.2, -0.15) is 0 Å². The first-order valence-corrected chi connectivity index (χ1v) is 10.9. The van der Waals surface area contributed by atoms with Crippen molar-refractivity contribution in [2.45, 2.75) is 45.3 Å². The average molecular weight is 434 g/mol. The van der Waals surface area contributed by atoms with Crippen molar-refractivity contribution in [3.8, 4) is 11.3 Å². The van der Waals surface area contributed by atoms with E-state index in [2.05, 4.69) is 26.4 Å². The number of para-hydroxylation sites is 1. The Kier molecular flexibility index (Phi) is 4.96. The molecule has 1 atom stereocenters. The number of imidazole rings is 1. The molecule has 4 heterocycles. The third-order valence-electron chi connectivity index (χ3n) is 5.50. The van der Waals surface area contributed by atoms with Crippen molar-refractivity contribution in [1.29, 1.82) is 0 Å². The first-order valence-electron chi connectivity index (χ1n) is 10.9. The van der Waals surface area contributed by atoms with E-state index in [4.69, 9.17) is 9.72 Å². The van der Waals surface area contributed by atoms with E-state index in [1.807, 2.05) is 51.4 Å². The molecule has 0 radical (unpaired) electrons. The molecule has 166 valence electrons. The summed E-state index contributed by atoms with van der Waals surface area (Å²) in [6, 6.07) is 8.15. The number of carbonyl (C=O) groups excluding carboxylic acids is 1. The van der Waals surface area contributed by atoms with Crippen LogP contribution in [0, 0.1) is 0 Å². The number of nitrogens with one attached hydrogen (secondary N) is 2. The van der Waals surface area contributed by atoms with Crippen molar-refractivity contribution >= 4 is 28.6 Å². The van der Waals surface area contributed by atoms with Crippen molar-refractivity contribution < 1.29 is 9.53 Å². The van der Waals surface area contributed by atoms with Crippen LogP contribution < -0.4 is 5.32 Å². The Hall–Kier alpha value is -3.62. The standard InChI is InChI=1S/C23H27N7O2/c1-23(2,3)32-22(31)29-11-6-7-15(14-29)26-21-27-19(20-24-10-12-30(20)28-21)17-13-25-18-9-5-4-8-16(17)18/h4-5,8-10,12-13,15,25H,6-7,11,14H2,1-3H3,(H,26,28)/t15-/m1/s1. The molecule has 5 rings (SSSR count). The normalized spacial score (nSPS) is 17.1. The van der Waals surface area contributed by atoms with Crippen LogP contribution in [0.4, 0.5) is 10.7 Å². The number of nitrogens with zero attached hydrogens (tertiary/aromatic N) is 5. The van der Waals surface area contributed by atoms with Gasteiger partial charge < -0.3 is 19.9 Å². The predicted molar refractivity (Wildman–Crippen MR) is 123 cm³/mol. The van der Waals surface area contributed by atoms with Gasteiger partial charge in [-0.3, -0.25) is 0 Å². The molecule has 1 amide bonds. The highest BCUT2D eigenvalue weighted by molar-refractivity contribution is 5.97. The fraction of sp³-hybridized carbons (Fsp3) is 0.391. The number of hydrogen-bond donors (Lipinski definition) is 2. The molecule has 2 N–H and O–H groups in total. The highest BCUT2D eigenvalue weighted by atomic mass is 16.6. The lowest BCUT2D eigenvalue weighted by Crippen LogP contribution is -2.47.